The maximum absolute atomic E-state index is 11.6. The lowest BCUT2D eigenvalue weighted by Crippen LogP contribution is -2.55. The predicted molar refractivity (Wildman–Crippen MR) is 76.2 cm³/mol. The van der Waals surface area contributed by atoms with Crippen LogP contribution < -0.4 is 11.1 Å². The summed E-state index contributed by atoms with van der Waals surface area (Å²) >= 11 is 1.71. The molecule has 3 heterocycles. The van der Waals surface area contributed by atoms with Gasteiger partial charge in [0.1, 0.15) is 0 Å². The fraction of sp³-hybridized carbons (Fsp3) is 0.615. The lowest BCUT2D eigenvalue weighted by atomic mass is 10.00. The van der Waals surface area contributed by atoms with Crippen molar-refractivity contribution in [3.05, 3.63) is 22.4 Å². The van der Waals surface area contributed by atoms with Gasteiger partial charge in [-0.25, -0.2) is 4.79 Å². The molecule has 3 unspecified atom stereocenters. The number of nitrogens with two attached hydrogens (primary N) is 1. The Bertz CT molecular complexity index is 448. The first-order chi connectivity index (χ1) is 9.16. The normalized spacial score (nSPS) is 26.9. The summed E-state index contributed by atoms with van der Waals surface area (Å²) in [5, 5.41) is 7.19. The van der Waals surface area contributed by atoms with Gasteiger partial charge in [-0.1, -0.05) is 0 Å². The maximum atomic E-state index is 11.6. The van der Waals surface area contributed by atoms with Gasteiger partial charge in [0.15, 0.2) is 0 Å². The third-order valence-corrected chi connectivity index (χ3v) is 4.74. The van der Waals surface area contributed by atoms with E-state index in [9.17, 15) is 4.79 Å². The van der Waals surface area contributed by atoms with E-state index in [0.717, 1.165) is 26.2 Å². The summed E-state index contributed by atoms with van der Waals surface area (Å²) in [5.41, 5.74) is 7.49. The van der Waals surface area contributed by atoms with Crippen molar-refractivity contribution in [3.8, 4) is 0 Å². The Kier molecular flexibility index (Phi) is 3.47. The maximum Gasteiger partial charge on any atom is 0.317 e. The van der Waals surface area contributed by atoms with Gasteiger partial charge in [0.05, 0.1) is 12.1 Å². The van der Waals surface area contributed by atoms with Crippen LogP contribution in [0.5, 0.6) is 0 Å². The van der Waals surface area contributed by atoms with Crippen LogP contribution in [0.2, 0.25) is 0 Å². The van der Waals surface area contributed by atoms with E-state index in [1.165, 1.54) is 5.56 Å². The fourth-order valence-electron chi connectivity index (χ4n) is 3.17. The molecular weight excluding hydrogens is 260 g/mol. The van der Waals surface area contributed by atoms with Gasteiger partial charge in [0.25, 0.3) is 0 Å². The highest BCUT2D eigenvalue weighted by atomic mass is 32.1. The first kappa shape index (κ1) is 12.9. The summed E-state index contributed by atoms with van der Waals surface area (Å²) in [6, 6.07) is 2.87. The average molecular weight is 280 g/mol. The van der Waals surface area contributed by atoms with Crippen molar-refractivity contribution < 1.29 is 4.79 Å². The minimum absolute atomic E-state index is 0.0810. The molecule has 0 aliphatic carbocycles. The Hall–Kier alpha value is -1.11. The molecule has 6 heteroatoms. The molecule has 0 spiro atoms. The van der Waals surface area contributed by atoms with Gasteiger partial charge < -0.3 is 16.0 Å². The molecule has 3 atom stereocenters. The highest BCUT2D eigenvalue weighted by Crippen LogP contribution is 2.28. The SMILES string of the molecule is CC(N)C(c1ccsc1)N1CCN2C(=O)NCC2C1. The van der Waals surface area contributed by atoms with E-state index < -0.39 is 0 Å². The van der Waals surface area contributed by atoms with Crippen molar-refractivity contribution in [2.24, 2.45) is 5.73 Å². The molecule has 1 aromatic rings. The smallest absolute Gasteiger partial charge is 0.317 e. The fourth-order valence-corrected chi connectivity index (χ4v) is 3.86. The van der Waals surface area contributed by atoms with Gasteiger partial charge in [-0.05, 0) is 29.3 Å². The minimum Gasteiger partial charge on any atom is -0.336 e. The summed E-state index contributed by atoms with van der Waals surface area (Å²) in [6.07, 6.45) is 0. The summed E-state index contributed by atoms with van der Waals surface area (Å²) < 4.78 is 0. The van der Waals surface area contributed by atoms with Gasteiger partial charge >= 0.3 is 6.03 Å². The molecule has 104 valence electrons. The molecule has 3 N–H and O–H groups in total. The number of amides is 2. The number of urea groups is 1. The number of nitrogens with zero attached hydrogens (tertiary/aromatic N) is 2. The van der Waals surface area contributed by atoms with Crippen molar-refractivity contribution in [1.29, 1.82) is 0 Å². The molecule has 19 heavy (non-hydrogen) atoms. The van der Waals surface area contributed by atoms with Crippen LogP contribution in [0.1, 0.15) is 18.5 Å². The zero-order chi connectivity index (χ0) is 13.4. The summed E-state index contributed by atoms with van der Waals surface area (Å²) in [5.74, 6) is 0. The largest absolute Gasteiger partial charge is 0.336 e. The summed E-state index contributed by atoms with van der Waals surface area (Å²) in [6.45, 7) is 5.41. The van der Waals surface area contributed by atoms with Crippen LogP contribution >= 0.6 is 11.3 Å². The van der Waals surface area contributed by atoms with Crippen LogP contribution in [-0.4, -0.2) is 54.1 Å². The zero-order valence-electron chi connectivity index (χ0n) is 11.1. The number of hydrogen-bond donors (Lipinski definition) is 2. The topological polar surface area (TPSA) is 61.6 Å². The number of thiophene rings is 1. The number of nitrogens with one attached hydrogen (secondary N) is 1. The lowest BCUT2D eigenvalue weighted by Gasteiger charge is -2.42. The van der Waals surface area contributed by atoms with E-state index in [-0.39, 0.29) is 18.1 Å². The molecule has 5 nitrogen and oxygen atoms in total. The molecular formula is C13H20N4OS. The molecule has 0 bridgehead atoms. The number of carbonyl (C=O) groups excluding carboxylic acids is 1. The van der Waals surface area contributed by atoms with Crippen molar-refractivity contribution >= 4 is 17.4 Å². The van der Waals surface area contributed by atoms with Crippen LogP contribution in [0.4, 0.5) is 4.79 Å². The average Bonchev–Trinajstić information content (AvgIpc) is 3.00. The van der Waals surface area contributed by atoms with Crippen LogP contribution in [0.3, 0.4) is 0 Å². The van der Waals surface area contributed by atoms with Crippen LogP contribution in [0, 0.1) is 0 Å². The Balaban J connectivity index is 1.76. The first-order valence-electron chi connectivity index (χ1n) is 6.73. The molecule has 0 saturated carbocycles. The van der Waals surface area contributed by atoms with Crippen molar-refractivity contribution in [2.45, 2.75) is 25.0 Å². The molecule has 0 aromatic carbocycles. The van der Waals surface area contributed by atoms with Crippen molar-refractivity contribution in [2.75, 3.05) is 26.2 Å². The molecule has 2 aliphatic heterocycles. The number of hydrogen-bond acceptors (Lipinski definition) is 4. The number of carbonyl (C=O) groups is 1. The standard InChI is InChI=1S/C13H20N4OS/c1-9(14)12(10-2-5-19-8-10)16-3-4-17-11(7-16)6-15-13(17)18/h2,5,8-9,11-12H,3-4,6-7,14H2,1H3,(H,15,18). The van der Waals surface area contributed by atoms with E-state index in [1.807, 2.05) is 4.90 Å². The van der Waals surface area contributed by atoms with E-state index in [1.54, 1.807) is 11.3 Å². The van der Waals surface area contributed by atoms with E-state index in [0.29, 0.717) is 6.04 Å². The highest BCUT2D eigenvalue weighted by Gasteiger charge is 2.38. The molecule has 2 saturated heterocycles. The van der Waals surface area contributed by atoms with Gasteiger partial charge in [-0.3, -0.25) is 4.90 Å². The molecule has 2 aliphatic rings. The van der Waals surface area contributed by atoms with E-state index >= 15 is 0 Å². The van der Waals surface area contributed by atoms with Crippen molar-refractivity contribution in [3.63, 3.8) is 0 Å². The second-order valence-corrected chi connectivity index (χ2v) is 6.17. The minimum atomic E-state index is 0.0810. The Morgan fingerprint density at radius 1 is 1.53 bits per heavy atom. The summed E-state index contributed by atoms with van der Waals surface area (Å²) in [4.78, 5) is 16.0. The molecule has 2 amide bonds. The van der Waals surface area contributed by atoms with Gasteiger partial charge in [-0.15, -0.1) is 0 Å². The Morgan fingerprint density at radius 3 is 3.05 bits per heavy atom. The van der Waals surface area contributed by atoms with Crippen molar-refractivity contribution in [1.82, 2.24) is 15.1 Å². The number of piperazine rings is 1. The Morgan fingerprint density at radius 2 is 2.37 bits per heavy atom. The second kappa shape index (κ2) is 5.11. The number of rotatable bonds is 3. The molecule has 0 radical (unpaired) electrons. The van der Waals surface area contributed by atoms with E-state index in [4.69, 9.17) is 5.73 Å². The van der Waals surface area contributed by atoms with E-state index in [2.05, 4.69) is 34.0 Å². The quantitative estimate of drug-likeness (QED) is 0.863. The zero-order valence-corrected chi connectivity index (χ0v) is 11.9. The van der Waals surface area contributed by atoms with Gasteiger partial charge in [0, 0.05) is 32.2 Å². The summed E-state index contributed by atoms with van der Waals surface area (Å²) in [7, 11) is 0. The monoisotopic (exact) mass is 280 g/mol. The van der Waals surface area contributed by atoms with Crippen LogP contribution in [0.15, 0.2) is 16.8 Å². The predicted octanol–water partition coefficient (Wildman–Crippen LogP) is 0.846. The van der Waals surface area contributed by atoms with Crippen LogP contribution in [0.25, 0.3) is 0 Å². The number of fused-ring (bicyclic) bond motifs is 1. The molecule has 3 rings (SSSR count). The lowest BCUT2D eigenvalue weighted by molar-refractivity contribution is 0.0797. The second-order valence-electron chi connectivity index (χ2n) is 5.39. The molecule has 2 fully saturated rings. The highest BCUT2D eigenvalue weighted by molar-refractivity contribution is 7.07. The Labute approximate surface area is 117 Å². The molecule has 1 aromatic heterocycles. The third kappa shape index (κ3) is 2.35. The van der Waals surface area contributed by atoms with Gasteiger partial charge in [0.2, 0.25) is 0 Å². The van der Waals surface area contributed by atoms with Gasteiger partial charge in [-0.2, -0.15) is 11.3 Å². The first-order valence-corrected chi connectivity index (χ1v) is 7.67. The van der Waals surface area contributed by atoms with Crippen LogP contribution in [-0.2, 0) is 0 Å². The third-order valence-electron chi connectivity index (χ3n) is 4.04.